The topological polar surface area (TPSA) is 59.1 Å². The number of thiazole rings is 1. The van der Waals surface area contributed by atoms with Gasteiger partial charge in [0.15, 0.2) is 9.84 Å². The summed E-state index contributed by atoms with van der Waals surface area (Å²) < 4.78 is 24.8. The minimum atomic E-state index is -3.27. The number of aromatic nitrogens is 1. The predicted molar refractivity (Wildman–Crippen MR) is 91.1 cm³/mol. The van der Waals surface area contributed by atoms with E-state index in [0.29, 0.717) is 11.4 Å². The molecule has 0 saturated heterocycles. The second-order valence-electron chi connectivity index (χ2n) is 5.61. The fourth-order valence-corrected chi connectivity index (χ4v) is 4.59. The van der Waals surface area contributed by atoms with Gasteiger partial charge in [0.05, 0.1) is 21.3 Å². The fourth-order valence-electron chi connectivity index (χ4n) is 2.24. The Kier molecular flexibility index (Phi) is 5.36. The van der Waals surface area contributed by atoms with Crippen molar-refractivity contribution < 1.29 is 8.42 Å². The molecule has 1 atom stereocenters. The first-order valence-electron chi connectivity index (χ1n) is 7.23. The van der Waals surface area contributed by atoms with E-state index < -0.39 is 9.84 Å². The van der Waals surface area contributed by atoms with Crippen LogP contribution in [0.25, 0.3) is 0 Å². The highest BCUT2D eigenvalue weighted by Gasteiger charge is 2.18. The van der Waals surface area contributed by atoms with Gasteiger partial charge in [-0.25, -0.2) is 13.4 Å². The van der Waals surface area contributed by atoms with E-state index in [9.17, 15) is 8.42 Å². The van der Waals surface area contributed by atoms with Gasteiger partial charge in [-0.2, -0.15) is 0 Å². The number of hydrogen-bond donors (Lipinski definition) is 1. The summed E-state index contributed by atoms with van der Waals surface area (Å²) in [6.07, 6.45) is 0. The summed E-state index contributed by atoms with van der Waals surface area (Å²) in [5.74, 6) is 0.0816. The minimum absolute atomic E-state index is 0.0816. The Balaban J connectivity index is 1.97. The molecule has 120 valence electrons. The zero-order valence-corrected chi connectivity index (χ0v) is 15.0. The molecule has 0 unspecified atom stereocenters. The summed E-state index contributed by atoms with van der Waals surface area (Å²) in [5.41, 5.74) is 2.06. The first-order valence-corrected chi connectivity index (χ1v) is 9.70. The second kappa shape index (κ2) is 6.89. The molecule has 0 spiro atoms. The van der Waals surface area contributed by atoms with Gasteiger partial charge in [-0.05, 0) is 39.8 Å². The molecule has 0 amide bonds. The summed E-state index contributed by atoms with van der Waals surface area (Å²) >= 11 is 1.66. The first kappa shape index (κ1) is 17.1. The van der Waals surface area contributed by atoms with Crippen LogP contribution in [0.3, 0.4) is 0 Å². The summed E-state index contributed by atoms with van der Waals surface area (Å²) in [7, 11) is -3.27. The van der Waals surface area contributed by atoms with Crippen molar-refractivity contribution in [2.24, 2.45) is 0 Å². The van der Waals surface area contributed by atoms with Gasteiger partial charge in [0.1, 0.15) is 0 Å². The van der Waals surface area contributed by atoms with Gasteiger partial charge in [-0.15, -0.1) is 11.3 Å². The zero-order chi connectivity index (χ0) is 16.3. The molecule has 1 aromatic heterocycles. The highest BCUT2D eigenvalue weighted by atomic mass is 32.2. The van der Waals surface area contributed by atoms with Gasteiger partial charge in [0, 0.05) is 17.5 Å². The van der Waals surface area contributed by atoms with E-state index in [0.717, 1.165) is 16.3 Å². The molecule has 2 aromatic rings. The zero-order valence-electron chi connectivity index (χ0n) is 13.4. The first-order chi connectivity index (χ1) is 10.3. The molecular weight excluding hydrogens is 316 g/mol. The van der Waals surface area contributed by atoms with Crippen LogP contribution in [-0.2, 0) is 16.4 Å². The van der Waals surface area contributed by atoms with Crippen LogP contribution in [0.4, 0.5) is 0 Å². The molecule has 6 heteroatoms. The summed E-state index contributed by atoms with van der Waals surface area (Å²) in [5, 5.41) is 4.29. The van der Waals surface area contributed by atoms with E-state index in [4.69, 9.17) is 0 Å². The molecule has 0 radical (unpaired) electrons. The van der Waals surface area contributed by atoms with Crippen molar-refractivity contribution in [2.75, 3.05) is 5.75 Å². The van der Waals surface area contributed by atoms with Crippen LogP contribution in [0, 0.1) is 20.8 Å². The largest absolute Gasteiger partial charge is 0.308 e. The number of nitrogens with zero attached hydrogens (tertiary/aromatic N) is 1. The number of nitrogens with one attached hydrogen (secondary N) is 1. The highest BCUT2D eigenvalue weighted by Crippen LogP contribution is 2.17. The fraction of sp³-hybridized carbons (Fsp3) is 0.438. The third kappa shape index (κ3) is 4.38. The van der Waals surface area contributed by atoms with Crippen molar-refractivity contribution in [3.05, 3.63) is 45.4 Å². The van der Waals surface area contributed by atoms with E-state index in [1.54, 1.807) is 23.5 Å². The van der Waals surface area contributed by atoms with Crippen LogP contribution in [0.5, 0.6) is 0 Å². The maximum Gasteiger partial charge on any atom is 0.179 e. The van der Waals surface area contributed by atoms with E-state index >= 15 is 0 Å². The molecule has 22 heavy (non-hydrogen) atoms. The van der Waals surface area contributed by atoms with Crippen LogP contribution >= 0.6 is 11.3 Å². The van der Waals surface area contributed by atoms with E-state index in [1.807, 2.05) is 39.8 Å². The third-order valence-corrected chi connectivity index (χ3v) is 6.32. The van der Waals surface area contributed by atoms with Crippen molar-refractivity contribution >= 4 is 21.2 Å². The van der Waals surface area contributed by atoms with Gasteiger partial charge >= 0.3 is 0 Å². The van der Waals surface area contributed by atoms with E-state index in [1.165, 1.54) is 4.88 Å². The Hall–Kier alpha value is -1.24. The van der Waals surface area contributed by atoms with Crippen LogP contribution < -0.4 is 5.32 Å². The monoisotopic (exact) mass is 338 g/mol. The maximum atomic E-state index is 12.4. The molecule has 4 nitrogen and oxygen atoms in total. The standard InChI is InChI=1S/C16H22N2O2S2/c1-11-5-7-15(8-6-11)22(19,20)10-12(2)17-9-16-13(3)21-14(4)18-16/h5-8,12,17H,9-10H2,1-4H3/t12-/m0/s1. The third-order valence-electron chi connectivity index (χ3n) is 3.47. The lowest BCUT2D eigenvalue weighted by Crippen LogP contribution is -2.32. The van der Waals surface area contributed by atoms with Crippen molar-refractivity contribution in [3.63, 3.8) is 0 Å². The van der Waals surface area contributed by atoms with Crippen molar-refractivity contribution in [3.8, 4) is 0 Å². The molecule has 0 saturated carbocycles. The lowest BCUT2D eigenvalue weighted by atomic mass is 10.2. The molecule has 0 aliphatic rings. The van der Waals surface area contributed by atoms with Crippen LogP contribution in [0.1, 0.15) is 28.1 Å². The number of aryl methyl sites for hydroxylation is 3. The number of benzene rings is 1. The molecule has 2 rings (SSSR count). The lowest BCUT2D eigenvalue weighted by Gasteiger charge is -2.14. The highest BCUT2D eigenvalue weighted by molar-refractivity contribution is 7.91. The summed E-state index contributed by atoms with van der Waals surface area (Å²) in [4.78, 5) is 6.01. The average Bonchev–Trinajstić information content (AvgIpc) is 2.74. The van der Waals surface area contributed by atoms with E-state index in [-0.39, 0.29) is 11.8 Å². The predicted octanol–water partition coefficient (Wildman–Crippen LogP) is 3.02. The Bertz CT molecular complexity index is 734. The quantitative estimate of drug-likeness (QED) is 0.879. The van der Waals surface area contributed by atoms with E-state index in [2.05, 4.69) is 10.3 Å². The van der Waals surface area contributed by atoms with Crippen LogP contribution in [0.15, 0.2) is 29.2 Å². The molecule has 1 aromatic carbocycles. The normalized spacial score (nSPS) is 13.3. The van der Waals surface area contributed by atoms with Gasteiger partial charge < -0.3 is 5.32 Å². The SMILES string of the molecule is Cc1ccc(S(=O)(=O)C[C@H](C)NCc2nc(C)sc2C)cc1. The Morgan fingerprint density at radius 3 is 2.36 bits per heavy atom. The number of sulfone groups is 1. The summed E-state index contributed by atoms with van der Waals surface area (Å²) in [6.45, 7) is 8.45. The number of rotatable bonds is 6. The molecule has 0 aliphatic carbocycles. The lowest BCUT2D eigenvalue weighted by molar-refractivity contribution is 0.553. The maximum absolute atomic E-state index is 12.4. The minimum Gasteiger partial charge on any atom is -0.308 e. The van der Waals surface area contributed by atoms with Gasteiger partial charge in [-0.3, -0.25) is 0 Å². The van der Waals surface area contributed by atoms with Crippen molar-refractivity contribution in [1.29, 1.82) is 0 Å². The van der Waals surface area contributed by atoms with Crippen molar-refractivity contribution in [1.82, 2.24) is 10.3 Å². The smallest absolute Gasteiger partial charge is 0.179 e. The molecule has 0 aliphatic heterocycles. The molecule has 1 N–H and O–H groups in total. The van der Waals surface area contributed by atoms with Crippen LogP contribution in [-0.4, -0.2) is 25.2 Å². The molecule has 1 heterocycles. The second-order valence-corrected chi connectivity index (χ2v) is 9.05. The number of hydrogen-bond acceptors (Lipinski definition) is 5. The Morgan fingerprint density at radius 2 is 1.82 bits per heavy atom. The molecular formula is C16H22N2O2S2. The van der Waals surface area contributed by atoms with Crippen LogP contribution in [0.2, 0.25) is 0 Å². The van der Waals surface area contributed by atoms with Crippen molar-refractivity contribution in [2.45, 2.75) is 45.2 Å². The Labute approximate surface area is 136 Å². The average molecular weight is 338 g/mol. The molecule has 0 fully saturated rings. The van der Waals surface area contributed by atoms with Gasteiger partial charge in [0.2, 0.25) is 0 Å². The van der Waals surface area contributed by atoms with Gasteiger partial charge in [-0.1, -0.05) is 17.7 Å². The van der Waals surface area contributed by atoms with Gasteiger partial charge in [0.25, 0.3) is 0 Å². The Morgan fingerprint density at radius 1 is 1.18 bits per heavy atom. The summed E-state index contributed by atoms with van der Waals surface area (Å²) in [6, 6.07) is 6.86. The molecule has 0 bridgehead atoms.